The van der Waals surface area contributed by atoms with Crippen molar-refractivity contribution in [2.24, 2.45) is 0 Å². The zero-order valence-electron chi connectivity index (χ0n) is 12.6. The number of nitrogens with zero attached hydrogens (tertiary/aromatic N) is 3. The number of carbonyl (C=O) groups excluding carboxylic acids is 1. The van der Waals surface area contributed by atoms with Crippen molar-refractivity contribution in [1.82, 2.24) is 20.3 Å². The number of aromatic nitrogens is 3. The first kappa shape index (κ1) is 15.9. The molecule has 2 heterocycles. The molecular formula is C15H15FN4O4. The van der Waals surface area contributed by atoms with Crippen molar-refractivity contribution in [3.8, 4) is 5.75 Å². The number of carboxylic acids is 1. The minimum atomic E-state index is -1.21. The molecule has 1 aromatic heterocycles. The van der Waals surface area contributed by atoms with Crippen LogP contribution in [0, 0.1) is 5.82 Å². The van der Waals surface area contributed by atoms with E-state index < -0.39 is 11.8 Å². The number of carbonyl (C=O) groups is 2. The molecule has 0 radical (unpaired) electrons. The summed E-state index contributed by atoms with van der Waals surface area (Å²) in [5, 5.41) is 18.7. The molecule has 0 aliphatic carbocycles. The van der Waals surface area contributed by atoms with Gasteiger partial charge in [-0.1, -0.05) is 11.3 Å². The molecule has 2 aromatic rings. The Bertz CT molecular complexity index is 777. The second-order valence-corrected chi connectivity index (χ2v) is 5.40. The number of fused-ring (bicyclic) bond motifs is 1. The van der Waals surface area contributed by atoms with Gasteiger partial charge >= 0.3 is 5.97 Å². The van der Waals surface area contributed by atoms with E-state index in [4.69, 9.17) is 9.84 Å². The van der Waals surface area contributed by atoms with Gasteiger partial charge in [-0.3, -0.25) is 4.79 Å². The summed E-state index contributed by atoms with van der Waals surface area (Å²) in [7, 11) is 0. The normalized spacial score (nSPS) is 16.6. The average molecular weight is 334 g/mol. The van der Waals surface area contributed by atoms with Crippen LogP contribution in [0.1, 0.15) is 34.9 Å². The molecule has 0 saturated heterocycles. The minimum absolute atomic E-state index is 0.159. The lowest BCUT2D eigenvalue weighted by Gasteiger charge is -2.18. The zero-order valence-corrected chi connectivity index (χ0v) is 12.6. The second-order valence-electron chi connectivity index (χ2n) is 5.40. The maximum Gasteiger partial charge on any atom is 0.358 e. The Labute approximate surface area is 136 Å². The molecule has 1 unspecified atom stereocenters. The van der Waals surface area contributed by atoms with Crippen LogP contribution < -0.4 is 10.1 Å². The van der Waals surface area contributed by atoms with Gasteiger partial charge in [-0.05, 0) is 18.9 Å². The number of amides is 1. The Kier molecular flexibility index (Phi) is 4.41. The highest BCUT2D eigenvalue weighted by atomic mass is 19.1. The standard InChI is InChI=1S/C15H15FN4O4/c16-9-3-4-10-11(2-1-5-24-13(10)6-9)17-14(21)8-20-7-12(15(22)23)18-19-20/h3-4,6-7,11H,1-2,5,8H2,(H,17,21)(H,22,23). The van der Waals surface area contributed by atoms with Gasteiger partial charge in [-0.2, -0.15) is 0 Å². The maximum absolute atomic E-state index is 13.3. The molecule has 1 atom stereocenters. The lowest BCUT2D eigenvalue weighted by molar-refractivity contribution is -0.122. The number of carboxylic acid groups (broad SMARTS) is 1. The first-order valence-electron chi connectivity index (χ1n) is 7.38. The molecule has 126 valence electrons. The van der Waals surface area contributed by atoms with Crippen molar-refractivity contribution in [3.63, 3.8) is 0 Å². The fourth-order valence-electron chi connectivity index (χ4n) is 2.56. The predicted octanol–water partition coefficient (Wildman–Crippen LogP) is 1.15. The SMILES string of the molecule is O=C(Cn1cc(C(=O)O)nn1)NC1CCCOc2cc(F)ccc21. The van der Waals surface area contributed by atoms with Gasteiger partial charge in [0.2, 0.25) is 5.91 Å². The molecule has 1 aromatic carbocycles. The number of hydrogen-bond donors (Lipinski definition) is 2. The Morgan fingerprint density at radius 2 is 2.29 bits per heavy atom. The lowest BCUT2D eigenvalue weighted by atomic mass is 10.0. The van der Waals surface area contributed by atoms with Crippen molar-refractivity contribution in [1.29, 1.82) is 0 Å². The predicted molar refractivity (Wildman–Crippen MR) is 79.0 cm³/mol. The van der Waals surface area contributed by atoms with Gasteiger partial charge in [0.1, 0.15) is 18.1 Å². The molecule has 24 heavy (non-hydrogen) atoms. The van der Waals surface area contributed by atoms with Gasteiger partial charge in [0.15, 0.2) is 5.69 Å². The lowest BCUT2D eigenvalue weighted by Crippen LogP contribution is -2.31. The van der Waals surface area contributed by atoms with Crippen LogP contribution in [0.2, 0.25) is 0 Å². The fraction of sp³-hybridized carbons (Fsp3) is 0.333. The molecule has 0 spiro atoms. The number of rotatable bonds is 4. The third-order valence-corrected chi connectivity index (χ3v) is 3.64. The largest absolute Gasteiger partial charge is 0.493 e. The third kappa shape index (κ3) is 3.50. The van der Waals surface area contributed by atoms with E-state index in [0.29, 0.717) is 30.8 Å². The van der Waals surface area contributed by atoms with E-state index in [0.717, 1.165) is 4.68 Å². The molecular weight excluding hydrogens is 319 g/mol. The second kappa shape index (κ2) is 6.65. The summed E-state index contributed by atoms with van der Waals surface area (Å²) in [5.41, 5.74) is 0.485. The molecule has 2 N–H and O–H groups in total. The first-order valence-corrected chi connectivity index (χ1v) is 7.38. The van der Waals surface area contributed by atoms with E-state index in [1.807, 2.05) is 0 Å². The highest BCUT2D eigenvalue weighted by Gasteiger charge is 2.22. The smallest absolute Gasteiger partial charge is 0.358 e. The molecule has 0 fully saturated rings. The van der Waals surface area contributed by atoms with Crippen molar-refractivity contribution in [3.05, 3.63) is 41.5 Å². The van der Waals surface area contributed by atoms with Crippen molar-refractivity contribution in [2.45, 2.75) is 25.4 Å². The van der Waals surface area contributed by atoms with Crippen LogP contribution >= 0.6 is 0 Å². The Hall–Kier alpha value is -2.97. The molecule has 0 saturated carbocycles. The van der Waals surface area contributed by atoms with Crippen molar-refractivity contribution < 1.29 is 23.8 Å². The van der Waals surface area contributed by atoms with Gasteiger partial charge in [0, 0.05) is 11.6 Å². The maximum atomic E-state index is 13.3. The van der Waals surface area contributed by atoms with E-state index in [9.17, 15) is 14.0 Å². The van der Waals surface area contributed by atoms with Crippen LogP contribution in [0.3, 0.4) is 0 Å². The quantitative estimate of drug-likeness (QED) is 0.868. The first-order chi connectivity index (χ1) is 11.5. The van der Waals surface area contributed by atoms with Crippen LogP contribution in [0.25, 0.3) is 0 Å². The summed E-state index contributed by atoms with van der Waals surface area (Å²) in [6.45, 7) is 0.294. The number of halogens is 1. The van der Waals surface area contributed by atoms with Gasteiger partial charge < -0.3 is 15.2 Å². The highest BCUT2D eigenvalue weighted by molar-refractivity contribution is 5.84. The number of nitrogens with one attached hydrogen (secondary N) is 1. The van der Waals surface area contributed by atoms with Gasteiger partial charge in [-0.15, -0.1) is 5.10 Å². The van der Waals surface area contributed by atoms with Crippen molar-refractivity contribution >= 4 is 11.9 Å². The fourth-order valence-corrected chi connectivity index (χ4v) is 2.56. The molecule has 0 bridgehead atoms. The number of hydrogen-bond acceptors (Lipinski definition) is 5. The molecule has 1 aliphatic heterocycles. The van der Waals surface area contributed by atoms with Crippen LogP contribution in [0.4, 0.5) is 4.39 Å². The Balaban J connectivity index is 1.70. The van der Waals surface area contributed by atoms with Gasteiger partial charge in [-0.25, -0.2) is 13.9 Å². The van der Waals surface area contributed by atoms with Crippen LogP contribution in [0.5, 0.6) is 5.75 Å². The summed E-state index contributed by atoms with van der Waals surface area (Å²) in [4.78, 5) is 22.9. The van der Waals surface area contributed by atoms with E-state index in [1.54, 1.807) is 6.07 Å². The molecule has 8 nitrogen and oxygen atoms in total. The summed E-state index contributed by atoms with van der Waals surface area (Å²) < 4.78 is 20.0. The highest BCUT2D eigenvalue weighted by Crippen LogP contribution is 2.32. The molecule has 1 amide bonds. The van der Waals surface area contributed by atoms with E-state index in [1.165, 1.54) is 18.3 Å². The number of benzene rings is 1. The monoisotopic (exact) mass is 334 g/mol. The Morgan fingerprint density at radius 3 is 3.04 bits per heavy atom. The van der Waals surface area contributed by atoms with Gasteiger partial charge in [0.05, 0.1) is 18.8 Å². The summed E-state index contributed by atoms with van der Waals surface area (Å²) in [5.74, 6) is -1.53. The average Bonchev–Trinajstić information content (AvgIpc) is 2.90. The summed E-state index contributed by atoms with van der Waals surface area (Å²) in [6.07, 6.45) is 2.55. The number of aromatic carboxylic acids is 1. The van der Waals surface area contributed by atoms with Crippen LogP contribution in [-0.2, 0) is 11.3 Å². The third-order valence-electron chi connectivity index (χ3n) is 3.64. The van der Waals surface area contributed by atoms with E-state index in [-0.39, 0.29) is 24.2 Å². The summed E-state index contributed by atoms with van der Waals surface area (Å²) >= 11 is 0. The van der Waals surface area contributed by atoms with E-state index in [2.05, 4.69) is 15.6 Å². The van der Waals surface area contributed by atoms with Crippen molar-refractivity contribution in [2.75, 3.05) is 6.61 Å². The van der Waals surface area contributed by atoms with Crippen LogP contribution in [-0.4, -0.2) is 38.6 Å². The topological polar surface area (TPSA) is 106 Å². The Morgan fingerprint density at radius 1 is 1.46 bits per heavy atom. The molecule has 1 aliphatic rings. The zero-order chi connectivity index (χ0) is 17.1. The number of ether oxygens (including phenoxy) is 1. The minimum Gasteiger partial charge on any atom is -0.493 e. The molecule has 3 rings (SSSR count). The summed E-state index contributed by atoms with van der Waals surface area (Å²) in [6, 6.07) is 3.91. The van der Waals surface area contributed by atoms with Crippen LogP contribution in [0.15, 0.2) is 24.4 Å². The molecule has 9 heteroatoms. The van der Waals surface area contributed by atoms with Gasteiger partial charge in [0.25, 0.3) is 0 Å². The van der Waals surface area contributed by atoms with E-state index >= 15 is 0 Å².